The number of rotatable bonds is 3. The zero-order valence-electron chi connectivity index (χ0n) is 9.18. The van der Waals surface area contributed by atoms with Crippen molar-refractivity contribution in [1.29, 1.82) is 0 Å². The normalized spacial score (nSPS) is 11.5. The Bertz CT molecular complexity index is 506. The Labute approximate surface area is 99.1 Å². The second-order valence-corrected chi connectivity index (χ2v) is 3.53. The van der Waals surface area contributed by atoms with E-state index in [9.17, 15) is 4.39 Å². The SMILES string of the molecule is OCC=C(F)c1ccc(-c2ccccn2)cc1. The van der Waals surface area contributed by atoms with Gasteiger partial charge in [0.2, 0.25) is 0 Å². The standard InChI is InChI=1S/C14H12FNO/c15-13(8-10-17)11-4-6-12(7-5-11)14-3-1-2-9-16-14/h1-9,17H,10H2. The number of hydrogen-bond acceptors (Lipinski definition) is 2. The van der Waals surface area contributed by atoms with Crippen molar-refractivity contribution in [2.75, 3.05) is 6.61 Å². The molecule has 0 unspecified atom stereocenters. The molecule has 0 aliphatic carbocycles. The quantitative estimate of drug-likeness (QED) is 0.877. The van der Waals surface area contributed by atoms with Crippen LogP contribution in [0.2, 0.25) is 0 Å². The van der Waals surface area contributed by atoms with Gasteiger partial charge in [0, 0.05) is 17.3 Å². The maximum absolute atomic E-state index is 13.4. The Kier molecular flexibility index (Phi) is 3.62. The van der Waals surface area contributed by atoms with Gasteiger partial charge in [0.25, 0.3) is 0 Å². The molecule has 0 saturated heterocycles. The molecule has 1 aromatic heterocycles. The number of halogens is 1. The Balaban J connectivity index is 2.28. The molecule has 2 aromatic rings. The fourth-order valence-corrected chi connectivity index (χ4v) is 1.53. The van der Waals surface area contributed by atoms with E-state index in [-0.39, 0.29) is 6.61 Å². The zero-order chi connectivity index (χ0) is 12.1. The first-order valence-corrected chi connectivity index (χ1v) is 5.29. The van der Waals surface area contributed by atoms with Crippen molar-refractivity contribution in [1.82, 2.24) is 4.98 Å². The van der Waals surface area contributed by atoms with Crippen LogP contribution in [-0.4, -0.2) is 16.7 Å². The summed E-state index contributed by atoms with van der Waals surface area (Å²) in [5.74, 6) is -0.417. The van der Waals surface area contributed by atoms with Crippen molar-refractivity contribution in [2.24, 2.45) is 0 Å². The Morgan fingerprint density at radius 3 is 2.53 bits per heavy atom. The summed E-state index contributed by atoms with van der Waals surface area (Å²) in [6, 6.07) is 12.6. The van der Waals surface area contributed by atoms with Crippen molar-refractivity contribution in [3.05, 3.63) is 60.3 Å². The van der Waals surface area contributed by atoms with Crippen LogP contribution in [0.3, 0.4) is 0 Å². The highest BCUT2D eigenvalue weighted by Gasteiger charge is 2.01. The zero-order valence-corrected chi connectivity index (χ0v) is 9.18. The first-order valence-electron chi connectivity index (χ1n) is 5.29. The molecule has 2 rings (SSSR count). The number of aliphatic hydroxyl groups is 1. The molecule has 0 fully saturated rings. The van der Waals surface area contributed by atoms with E-state index in [1.807, 2.05) is 30.3 Å². The van der Waals surface area contributed by atoms with E-state index in [0.29, 0.717) is 5.56 Å². The fraction of sp³-hybridized carbons (Fsp3) is 0.0714. The van der Waals surface area contributed by atoms with Gasteiger partial charge in [-0.15, -0.1) is 0 Å². The van der Waals surface area contributed by atoms with Gasteiger partial charge in [0.1, 0.15) is 5.83 Å². The lowest BCUT2D eigenvalue weighted by atomic mass is 10.1. The first-order chi connectivity index (χ1) is 8.31. The van der Waals surface area contributed by atoms with Crippen LogP contribution in [0.4, 0.5) is 4.39 Å². The summed E-state index contributed by atoms with van der Waals surface area (Å²) >= 11 is 0. The van der Waals surface area contributed by atoms with Gasteiger partial charge in [-0.05, 0) is 18.2 Å². The lowest BCUT2D eigenvalue weighted by Gasteiger charge is -2.02. The average molecular weight is 229 g/mol. The summed E-state index contributed by atoms with van der Waals surface area (Å²) in [6.07, 6.45) is 2.85. The van der Waals surface area contributed by atoms with Crippen LogP contribution in [0.5, 0.6) is 0 Å². The molecule has 0 atom stereocenters. The molecule has 0 saturated carbocycles. The van der Waals surface area contributed by atoms with Gasteiger partial charge < -0.3 is 5.11 Å². The summed E-state index contributed by atoms with van der Waals surface area (Å²) in [7, 11) is 0. The van der Waals surface area contributed by atoms with E-state index in [2.05, 4.69) is 4.98 Å². The topological polar surface area (TPSA) is 33.1 Å². The van der Waals surface area contributed by atoms with E-state index in [0.717, 1.165) is 17.3 Å². The van der Waals surface area contributed by atoms with Gasteiger partial charge in [-0.2, -0.15) is 0 Å². The molecule has 0 radical (unpaired) electrons. The number of hydrogen-bond donors (Lipinski definition) is 1. The van der Waals surface area contributed by atoms with Crippen LogP contribution in [0.25, 0.3) is 17.1 Å². The van der Waals surface area contributed by atoms with Crippen LogP contribution >= 0.6 is 0 Å². The Hall–Kier alpha value is -2.00. The van der Waals surface area contributed by atoms with Crippen molar-refractivity contribution in [3.8, 4) is 11.3 Å². The third-order valence-corrected chi connectivity index (χ3v) is 2.39. The smallest absolute Gasteiger partial charge is 0.128 e. The molecular formula is C14H12FNO. The summed E-state index contributed by atoms with van der Waals surface area (Å²) in [5, 5.41) is 8.60. The second kappa shape index (κ2) is 5.37. The van der Waals surface area contributed by atoms with Crippen LogP contribution in [-0.2, 0) is 0 Å². The van der Waals surface area contributed by atoms with Gasteiger partial charge in [-0.3, -0.25) is 4.98 Å². The lowest BCUT2D eigenvalue weighted by molar-refractivity contribution is 0.342. The van der Waals surface area contributed by atoms with E-state index >= 15 is 0 Å². The van der Waals surface area contributed by atoms with Gasteiger partial charge in [0.15, 0.2) is 0 Å². The summed E-state index contributed by atoms with van der Waals surface area (Å²) in [5.41, 5.74) is 2.25. The summed E-state index contributed by atoms with van der Waals surface area (Å²) < 4.78 is 13.4. The van der Waals surface area contributed by atoms with E-state index < -0.39 is 5.83 Å². The van der Waals surface area contributed by atoms with Crippen molar-refractivity contribution in [2.45, 2.75) is 0 Å². The monoisotopic (exact) mass is 229 g/mol. The molecule has 1 N–H and O–H groups in total. The molecule has 2 nitrogen and oxygen atoms in total. The van der Waals surface area contributed by atoms with E-state index in [1.54, 1.807) is 18.3 Å². The molecule has 0 aliphatic rings. The minimum atomic E-state index is -0.417. The highest BCUT2D eigenvalue weighted by molar-refractivity contribution is 5.65. The fourth-order valence-electron chi connectivity index (χ4n) is 1.53. The van der Waals surface area contributed by atoms with Crippen molar-refractivity contribution >= 4 is 5.83 Å². The number of nitrogens with zero attached hydrogens (tertiary/aromatic N) is 1. The largest absolute Gasteiger partial charge is 0.392 e. The van der Waals surface area contributed by atoms with Crippen LogP contribution < -0.4 is 0 Å². The number of benzene rings is 1. The predicted molar refractivity (Wildman–Crippen MR) is 65.8 cm³/mol. The van der Waals surface area contributed by atoms with Crippen molar-refractivity contribution < 1.29 is 9.50 Å². The van der Waals surface area contributed by atoms with Crippen molar-refractivity contribution in [3.63, 3.8) is 0 Å². The molecular weight excluding hydrogens is 217 g/mol. The number of aromatic nitrogens is 1. The minimum Gasteiger partial charge on any atom is -0.392 e. The third-order valence-electron chi connectivity index (χ3n) is 2.39. The average Bonchev–Trinajstić information content (AvgIpc) is 2.40. The molecule has 1 aromatic carbocycles. The molecule has 86 valence electrons. The first kappa shape index (κ1) is 11.5. The molecule has 0 aliphatic heterocycles. The van der Waals surface area contributed by atoms with Crippen LogP contribution in [0.15, 0.2) is 54.7 Å². The molecule has 3 heteroatoms. The predicted octanol–water partition coefficient (Wildman–Crippen LogP) is 3.05. The summed E-state index contributed by atoms with van der Waals surface area (Å²) in [6.45, 7) is -0.298. The van der Waals surface area contributed by atoms with Crippen LogP contribution in [0, 0.1) is 0 Å². The Morgan fingerprint density at radius 2 is 1.94 bits per heavy atom. The maximum atomic E-state index is 13.4. The molecule has 0 spiro atoms. The van der Waals surface area contributed by atoms with Gasteiger partial charge >= 0.3 is 0 Å². The number of pyridine rings is 1. The van der Waals surface area contributed by atoms with Gasteiger partial charge in [-0.25, -0.2) is 4.39 Å². The Morgan fingerprint density at radius 1 is 1.18 bits per heavy atom. The molecule has 1 heterocycles. The van der Waals surface area contributed by atoms with Gasteiger partial charge in [0.05, 0.1) is 12.3 Å². The van der Waals surface area contributed by atoms with E-state index in [4.69, 9.17) is 5.11 Å². The lowest BCUT2D eigenvalue weighted by Crippen LogP contribution is -1.84. The number of aliphatic hydroxyl groups excluding tert-OH is 1. The highest BCUT2D eigenvalue weighted by atomic mass is 19.1. The second-order valence-electron chi connectivity index (χ2n) is 3.53. The summed E-state index contributed by atoms with van der Waals surface area (Å²) in [4.78, 5) is 4.21. The van der Waals surface area contributed by atoms with Crippen LogP contribution in [0.1, 0.15) is 5.56 Å². The molecule has 17 heavy (non-hydrogen) atoms. The van der Waals surface area contributed by atoms with E-state index in [1.165, 1.54) is 0 Å². The minimum absolute atomic E-state index is 0.298. The molecule has 0 bridgehead atoms. The highest BCUT2D eigenvalue weighted by Crippen LogP contribution is 2.21. The molecule has 0 amide bonds. The van der Waals surface area contributed by atoms with Gasteiger partial charge in [-0.1, -0.05) is 30.3 Å². The maximum Gasteiger partial charge on any atom is 0.128 e. The third kappa shape index (κ3) is 2.77.